The van der Waals surface area contributed by atoms with E-state index in [1.807, 2.05) is 0 Å². The van der Waals surface area contributed by atoms with Gasteiger partial charge in [-0.1, -0.05) is 36.4 Å². The molecule has 0 aliphatic rings. The van der Waals surface area contributed by atoms with Crippen molar-refractivity contribution in [2.45, 2.75) is 26.1 Å². The SMILES string of the molecule is O=C(O)Cc1ccccc1OCc1nc(-c2nc(COc3ccccc3CC(=O)O)c(C(=O)O)s2)sc1C(=O)O. The summed E-state index contributed by atoms with van der Waals surface area (Å²) < 4.78 is 11.4. The van der Waals surface area contributed by atoms with Crippen molar-refractivity contribution in [1.29, 1.82) is 0 Å². The highest BCUT2D eigenvalue weighted by Crippen LogP contribution is 2.34. The van der Waals surface area contributed by atoms with Crippen molar-refractivity contribution in [2.24, 2.45) is 0 Å². The summed E-state index contributed by atoms with van der Waals surface area (Å²) in [5.74, 6) is -4.12. The van der Waals surface area contributed by atoms with Gasteiger partial charge in [-0.05, 0) is 12.1 Å². The summed E-state index contributed by atoms with van der Waals surface area (Å²) in [5, 5.41) is 37.9. The maximum Gasteiger partial charge on any atom is 0.347 e. The number of para-hydroxylation sites is 2. The fourth-order valence-corrected chi connectivity index (χ4v) is 5.45. The summed E-state index contributed by atoms with van der Waals surface area (Å²) >= 11 is 1.58. The van der Waals surface area contributed by atoms with E-state index in [2.05, 4.69) is 9.97 Å². The summed E-state index contributed by atoms with van der Waals surface area (Å²) in [5.41, 5.74) is 0.932. The summed E-state index contributed by atoms with van der Waals surface area (Å²) in [6, 6.07) is 12.9. The third-order valence-electron chi connectivity index (χ3n) is 5.32. The lowest BCUT2D eigenvalue weighted by Gasteiger charge is -2.09. The Balaban J connectivity index is 1.59. The lowest BCUT2D eigenvalue weighted by molar-refractivity contribution is -0.137. The fraction of sp³-hybridized carbons (Fsp3) is 0.154. The molecule has 0 radical (unpaired) electrons. The molecular formula is C26H20N2O10S2. The molecule has 4 N–H and O–H groups in total. The summed E-state index contributed by atoms with van der Waals surface area (Å²) in [7, 11) is 0. The van der Waals surface area contributed by atoms with Crippen LogP contribution in [0.3, 0.4) is 0 Å². The quantitative estimate of drug-likeness (QED) is 0.176. The molecule has 0 saturated heterocycles. The number of carboxylic acids is 4. The normalized spacial score (nSPS) is 10.7. The third-order valence-corrected chi connectivity index (χ3v) is 7.64. The van der Waals surface area contributed by atoms with Crippen LogP contribution in [0, 0.1) is 0 Å². The van der Waals surface area contributed by atoms with Crippen LogP contribution in [0.1, 0.15) is 41.9 Å². The molecule has 0 atom stereocenters. The molecule has 0 fully saturated rings. The fourth-order valence-electron chi connectivity index (χ4n) is 3.62. The zero-order valence-electron chi connectivity index (χ0n) is 20.4. The molecule has 40 heavy (non-hydrogen) atoms. The van der Waals surface area contributed by atoms with Gasteiger partial charge in [-0.2, -0.15) is 0 Å². The Labute approximate surface area is 233 Å². The number of benzene rings is 2. The number of rotatable bonds is 13. The Bertz CT molecular complexity index is 1480. The average molecular weight is 585 g/mol. The van der Waals surface area contributed by atoms with Crippen LogP contribution >= 0.6 is 22.7 Å². The van der Waals surface area contributed by atoms with Gasteiger partial charge in [-0.25, -0.2) is 19.6 Å². The van der Waals surface area contributed by atoms with Crippen LogP contribution < -0.4 is 9.47 Å². The van der Waals surface area contributed by atoms with Gasteiger partial charge >= 0.3 is 23.9 Å². The van der Waals surface area contributed by atoms with Crippen molar-refractivity contribution < 1.29 is 49.1 Å². The Morgan fingerprint density at radius 3 is 1.35 bits per heavy atom. The number of aromatic carboxylic acids is 2. The lowest BCUT2D eigenvalue weighted by Crippen LogP contribution is -2.06. The molecule has 0 aliphatic carbocycles. The maximum absolute atomic E-state index is 11.9. The van der Waals surface area contributed by atoms with Gasteiger partial charge < -0.3 is 29.9 Å². The minimum atomic E-state index is -1.27. The van der Waals surface area contributed by atoms with Gasteiger partial charge in [0.25, 0.3) is 0 Å². The number of aromatic nitrogens is 2. The van der Waals surface area contributed by atoms with Gasteiger partial charge in [0, 0.05) is 11.1 Å². The predicted molar refractivity (Wildman–Crippen MR) is 141 cm³/mol. The lowest BCUT2D eigenvalue weighted by atomic mass is 10.1. The Hall–Kier alpha value is -4.82. The summed E-state index contributed by atoms with van der Waals surface area (Å²) in [6.45, 7) is -0.551. The Morgan fingerprint density at radius 1 is 0.625 bits per heavy atom. The zero-order valence-corrected chi connectivity index (χ0v) is 22.0. The van der Waals surface area contributed by atoms with E-state index in [-0.39, 0.29) is 68.7 Å². The van der Waals surface area contributed by atoms with E-state index in [0.717, 1.165) is 22.7 Å². The van der Waals surface area contributed by atoms with Crippen LogP contribution in [0.2, 0.25) is 0 Å². The molecule has 12 nitrogen and oxygen atoms in total. The molecule has 0 spiro atoms. The molecule has 0 amide bonds. The largest absolute Gasteiger partial charge is 0.487 e. The minimum absolute atomic E-state index is 0.0603. The molecule has 14 heteroatoms. The van der Waals surface area contributed by atoms with Crippen LogP contribution in [0.15, 0.2) is 48.5 Å². The topological polar surface area (TPSA) is 193 Å². The van der Waals surface area contributed by atoms with E-state index in [0.29, 0.717) is 11.1 Å². The second kappa shape index (κ2) is 12.4. The number of ether oxygens (including phenoxy) is 2. The van der Waals surface area contributed by atoms with Gasteiger partial charge in [0.05, 0.1) is 12.8 Å². The minimum Gasteiger partial charge on any atom is -0.487 e. The number of nitrogens with zero attached hydrogens (tertiary/aromatic N) is 2. The van der Waals surface area contributed by atoms with Crippen molar-refractivity contribution >= 4 is 46.6 Å². The standard InChI is InChI=1S/C26H20N2O10S2/c29-19(30)9-13-5-1-3-7-17(13)37-11-15-21(25(33)34)39-23(27-15)24-28-16(22(40-24)26(35)36)12-38-18-8-4-2-6-14(18)10-20(31)32/h1-8H,9-12H2,(H,29,30)(H,31,32)(H,33,34)(H,35,36). The first-order valence-corrected chi connectivity index (χ1v) is 13.1. The highest BCUT2D eigenvalue weighted by molar-refractivity contribution is 7.23. The smallest absolute Gasteiger partial charge is 0.347 e. The first kappa shape index (κ1) is 28.2. The number of aliphatic carboxylic acids is 2. The van der Waals surface area contributed by atoms with Crippen LogP contribution in [-0.4, -0.2) is 54.3 Å². The van der Waals surface area contributed by atoms with Gasteiger partial charge in [0.15, 0.2) is 10.0 Å². The van der Waals surface area contributed by atoms with Crippen LogP contribution in [0.25, 0.3) is 10.0 Å². The predicted octanol–water partition coefficient (Wildman–Crippen LogP) is 4.08. The number of carboxylic acid groups (broad SMARTS) is 4. The zero-order chi connectivity index (χ0) is 28.8. The van der Waals surface area contributed by atoms with Gasteiger partial charge in [-0.3, -0.25) is 9.59 Å². The summed E-state index contributed by atoms with van der Waals surface area (Å²) in [6.07, 6.45) is -0.569. The number of hydrogen-bond acceptors (Lipinski definition) is 10. The molecule has 0 bridgehead atoms. The molecule has 2 aromatic heterocycles. The highest BCUT2D eigenvalue weighted by atomic mass is 32.1. The molecule has 0 unspecified atom stereocenters. The van der Waals surface area contributed by atoms with E-state index < -0.39 is 23.9 Å². The second-order valence-electron chi connectivity index (χ2n) is 8.13. The van der Waals surface area contributed by atoms with Crippen molar-refractivity contribution in [3.8, 4) is 21.5 Å². The van der Waals surface area contributed by atoms with Crippen LogP contribution in [-0.2, 0) is 35.6 Å². The van der Waals surface area contributed by atoms with Crippen LogP contribution in [0.5, 0.6) is 11.5 Å². The molecule has 4 aromatic rings. The van der Waals surface area contributed by atoms with Crippen molar-refractivity contribution in [3.63, 3.8) is 0 Å². The first-order valence-electron chi connectivity index (χ1n) is 11.4. The summed E-state index contributed by atoms with van der Waals surface area (Å²) in [4.78, 5) is 54.5. The van der Waals surface area contributed by atoms with Crippen molar-refractivity contribution in [3.05, 3.63) is 80.8 Å². The number of thiazole rings is 2. The van der Waals surface area contributed by atoms with E-state index in [9.17, 15) is 29.4 Å². The number of hydrogen-bond donors (Lipinski definition) is 4. The van der Waals surface area contributed by atoms with Crippen LogP contribution in [0.4, 0.5) is 0 Å². The molecule has 2 heterocycles. The molecule has 4 rings (SSSR count). The van der Waals surface area contributed by atoms with Gasteiger partial charge in [0.2, 0.25) is 0 Å². The third kappa shape index (κ3) is 6.78. The molecule has 206 valence electrons. The molecular weight excluding hydrogens is 564 g/mol. The van der Waals surface area contributed by atoms with Crippen molar-refractivity contribution in [2.75, 3.05) is 0 Å². The molecule has 0 aliphatic heterocycles. The Morgan fingerprint density at radius 2 is 1.00 bits per heavy atom. The average Bonchev–Trinajstić information content (AvgIpc) is 3.52. The van der Waals surface area contributed by atoms with Gasteiger partial charge in [-0.15, -0.1) is 22.7 Å². The van der Waals surface area contributed by atoms with E-state index in [4.69, 9.17) is 19.7 Å². The van der Waals surface area contributed by atoms with Crippen molar-refractivity contribution in [1.82, 2.24) is 9.97 Å². The highest BCUT2D eigenvalue weighted by Gasteiger charge is 2.25. The monoisotopic (exact) mass is 584 g/mol. The number of carbonyl (C=O) groups is 4. The molecule has 0 saturated carbocycles. The Kier molecular flexibility index (Phi) is 8.71. The second-order valence-corrected chi connectivity index (χ2v) is 10.1. The maximum atomic E-state index is 11.9. The van der Waals surface area contributed by atoms with Gasteiger partial charge in [0.1, 0.15) is 45.9 Å². The van der Waals surface area contributed by atoms with E-state index in [1.165, 1.54) is 0 Å². The first-order chi connectivity index (χ1) is 19.1. The van der Waals surface area contributed by atoms with E-state index in [1.54, 1.807) is 48.5 Å². The van der Waals surface area contributed by atoms with E-state index >= 15 is 0 Å². The molecule has 2 aromatic carbocycles.